The van der Waals surface area contributed by atoms with Crippen molar-refractivity contribution in [3.05, 3.63) is 29.8 Å². The molecule has 0 radical (unpaired) electrons. The van der Waals surface area contributed by atoms with Crippen molar-refractivity contribution < 1.29 is 22.0 Å². The molecule has 0 spiro atoms. The van der Waals surface area contributed by atoms with E-state index in [1.54, 1.807) is 13.1 Å². The summed E-state index contributed by atoms with van der Waals surface area (Å²) in [6.45, 7) is 4.93. The first-order chi connectivity index (χ1) is 14.2. The predicted octanol–water partition coefficient (Wildman–Crippen LogP) is 3.55. The number of nitrogens with zero attached hydrogens (tertiary/aromatic N) is 4. The molecule has 1 aromatic rings. The van der Waals surface area contributed by atoms with Gasteiger partial charge in [-0.05, 0) is 31.4 Å². The third kappa shape index (κ3) is 6.56. The van der Waals surface area contributed by atoms with Gasteiger partial charge >= 0.3 is 6.18 Å². The van der Waals surface area contributed by atoms with Crippen molar-refractivity contribution in [1.82, 2.24) is 15.1 Å². The minimum absolute atomic E-state index is 0. The molecule has 5 nitrogen and oxygen atoms in total. The first-order valence-corrected chi connectivity index (χ1v) is 10.2. The van der Waals surface area contributed by atoms with Crippen LogP contribution in [0.4, 0.5) is 27.6 Å². The molecule has 2 fully saturated rings. The number of halogens is 6. The van der Waals surface area contributed by atoms with Gasteiger partial charge in [-0.15, -0.1) is 24.0 Å². The summed E-state index contributed by atoms with van der Waals surface area (Å²) < 4.78 is 65.3. The predicted molar refractivity (Wildman–Crippen MR) is 122 cm³/mol. The number of rotatable bonds is 4. The molecule has 2 atom stereocenters. The summed E-state index contributed by atoms with van der Waals surface area (Å²) in [6, 6.07) is 2.48. The lowest BCUT2D eigenvalue weighted by Gasteiger charge is -2.39. The minimum atomic E-state index is -4.22. The van der Waals surface area contributed by atoms with Crippen molar-refractivity contribution in [2.45, 2.75) is 25.6 Å². The Hall–Kier alpha value is -1.37. The number of alkyl halides is 3. The fourth-order valence-electron chi connectivity index (χ4n) is 4.01. The Balaban J connectivity index is 0.00000341. The van der Waals surface area contributed by atoms with Crippen LogP contribution in [0.25, 0.3) is 0 Å². The monoisotopic (exact) mass is 561 g/mol. The summed E-state index contributed by atoms with van der Waals surface area (Å²) in [5, 5.41) is 3.32. The molecule has 31 heavy (non-hydrogen) atoms. The van der Waals surface area contributed by atoms with E-state index in [4.69, 9.17) is 0 Å². The summed E-state index contributed by atoms with van der Waals surface area (Å²) in [5.41, 5.74) is 0.663. The van der Waals surface area contributed by atoms with E-state index in [9.17, 15) is 22.0 Å². The van der Waals surface area contributed by atoms with E-state index in [2.05, 4.69) is 10.3 Å². The second-order valence-electron chi connectivity index (χ2n) is 7.87. The topological polar surface area (TPSA) is 34.1 Å². The van der Waals surface area contributed by atoms with Crippen LogP contribution in [-0.2, 0) is 0 Å². The molecular formula is C20H29F5IN5. The van der Waals surface area contributed by atoms with Gasteiger partial charge in [0.05, 0.1) is 0 Å². The normalized spacial score (nSPS) is 21.8. The zero-order valence-electron chi connectivity index (χ0n) is 17.6. The van der Waals surface area contributed by atoms with Crippen LogP contribution in [-0.4, -0.2) is 80.8 Å². The molecule has 2 unspecified atom stereocenters. The Morgan fingerprint density at radius 2 is 1.81 bits per heavy atom. The first kappa shape index (κ1) is 25.9. The van der Waals surface area contributed by atoms with Gasteiger partial charge in [-0.3, -0.25) is 9.89 Å². The summed E-state index contributed by atoms with van der Waals surface area (Å²) in [4.78, 5) is 9.72. The summed E-state index contributed by atoms with van der Waals surface area (Å²) in [5.74, 6) is -0.722. The molecule has 2 saturated heterocycles. The Bertz CT molecular complexity index is 752. The number of benzene rings is 1. The zero-order chi connectivity index (χ0) is 21.9. The SMILES string of the molecule is CN=C(NCC1CCN(c2ccc(F)c(F)c2)C1)N1CCN(C(C)C(F)(F)F)CC1.I. The van der Waals surface area contributed by atoms with Gasteiger partial charge in [0.25, 0.3) is 0 Å². The minimum Gasteiger partial charge on any atom is -0.371 e. The van der Waals surface area contributed by atoms with Crippen LogP contribution in [0.3, 0.4) is 0 Å². The lowest BCUT2D eigenvalue weighted by Crippen LogP contribution is -2.57. The average Bonchev–Trinajstić information content (AvgIpc) is 3.19. The first-order valence-electron chi connectivity index (χ1n) is 10.2. The molecule has 3 rings (SSSR count). The molecule has 0 bridgehead atoms. The van der Waals surface area contributed by atoms with Gasteiger partial charge in [0.15, 0.2) is 17.6 Å². The van der Waals surface area contributed by atoms with Gasteiger partial charge < -0.3 is 15.1 Å². The van der Waals surface area contributed by atoms with Gasteiger partial charge in [0.2, 0.25) is 0 Å². The number of hydrogen-bond donors (Lipinski definition) is 1. The highest BCUT2D eigenvalue weighted by molar-refractivity contribution is 14.0. The van der Waals surface area contributed by atoms with Crippen molar-refractivity contribution in [2.24, 2.45) is 10.9 Å². The van der Waals surface area contributed by atoms with E-state index in [-0.39, 0.29) is 24.0 Å². The molecule has 176 valence electrons. The molecule has 2 aliphatic heterocycles. The molecule has 0 aliphatic carbocycles. The molecule has 2 aliphatic rings. The highest BCUT2D eigenvalue weighted by Gasteiger charge is 2.41. The number of anilines is 1. The maximum Gasteiger partial charge on any atom is 0.403 e. The summed E-state index contributed by atoms with van der Waals surface area (Å²) in [7, 11) is 1.66. The van der Waals surface area contributed by atoms with E-state index in [0.29, 0.717) is 56.8 Å². The van der Waals surface area contributed by atoms with E-state index in [1.165, 1.54) is 17.9 Å². The lowest BCUT2D eigenvalue weighted by atomic mass is 10.1. The third-order valence-corrected chi connectivity index (χ3v) is 5.95. The molecule has 2 heterocycles. The van der Waals surface area contributed by atoms with E-state index in [0.717, 1.165) is 19.0 Å². The van der Waals surface area contributed by atoms with Crippen LogP contribution in [0.5, 0.6) is 0 Å². The molecule has 1 aromatic carbocycles. The highest BCUT2D eigenvalue weighted by atomic mass is 127. The highest BCUT2D eigenvalue weighted by Crippen LogP contribution is 2.26. The molecular weight excluding hydrogens is 532 g/mol. The average molecular weight is 561 g/mol. The molecule has 1 N–H and O–H groups in total. The number of aliphatic imine (C=N–C) groups is 1. The van der Waals surface area contributed by atoms with Gasteiger partial charge in [-0.25, -0.2) is 8.78 Å². The number of guanidine groups is 1. The van der Waals surface area contributed by atoms with Crippen LogP contribution in [0.1, 0.15) is 13.3 Å². The van der Waals surface area contributed by atoms with Crippen LogP contribution < -0.4 is 10.2 Å². The Labute approximate surface area is 196 Å². The summed E-state index contributed by atoms with van der Waals surface area (Å²) in [6.07, 6.45) is -3.32. The third-order valence-electron chi connectivity index (χ3n) is 5.95. The fraction of sp³-hybridized carbons (Fsp3) is 0.650. The van der Waals surface area contributed by atoms with Crippen molar-refractivity contribution in [1.29, 1.82) is 0 Å². The molecule has 11 heteroatoms. The maximum absolute atomic E-state index is 13.5. The maximum atomic E-state index is 13.5. The van der Waals surface area contributed by atoms with Gasteiger partial charge in [0.1, 0.15) is 6.04 Å². The van der Waals surface area contributed by atoms with E-state index in [1.807, 2.05) is 9.80 Å². The van der Waals surface area contributed by atoms with Gasteiger partial charge in [-0.1, -0.05) is 0 Å². The molecule has 0 aromatic heterocycles. The number of piperazine rings is 1. The Kier molecular flexibility index (Phi) is 9.16. The fourth-order valence-corrected chi connectivity index (χ4v) is 4.01. The quantitative estimate of drug-likeness (QED) is 0.264. The molecule has 0 amide bonds. The van der Waals surface area contributed by atoms with Gasteiger partial charge in [-0.2, -0.15) is 13.2 Å². The standard InChI is InChI=1S/C20H28F5N5.HI/c1-14(20(23,24)25)28-7-9-29(10-8-28)19(26-2)27-12-15-5-6-30(13-15)16-3-4-17(21)18(22)11-16;/h3-4,11,14-15H,5-10,12-13H2,1-2H3,(H,26,27);1H. The second-order valence-corrected chi connectivity index (χ2v) is 7.87. The van der Waals surface area contributed by atoms with E-state index >= 15 is 0 Å². The van der Waals surface area contributed by atoms with Crippen molar-refractivity contribution in [2.75, 3.05) is 57.8 Å². The van der Waals surface area contributed by atoms with Crippen LogP contribution in [0, 0.1) is 17.6 Å². The van der Waals surface area contributed by atoms with Crippen LogP contribution in [0.2, 0.25) is 0 Å². The smallest absolute Gasteiger partial charge is 0.371 e. The Morgan fingerprint density at radius 1 is 1.13 bits per heavy atom. The number of nitrogens with one attached hydrogen (secondary N) is 1. The van der Waals surface area contributed by atoms with Crippen molar-refractivity contribution in [3.8, 4) is 0 Å². The second kappa shape index (κ2) is 11.0. The van der Waals surface area contributed by atoms with Gasteiger partial charge in [0, 0.05) is 64.6 Å². The number of hydrogen-bond acceptors (Lipinski definition) is 3. The Morgan fingerprint density at radius 3 is 2.39 bits per heavy atom. The van der Waals surface area contributed by atoms with Crippen LogP contribution in [0.15, 0.2) is 23.2 Å². The molecule has 0 saturated carbocycles. The zero-order valence-corrected chi connectivity index (χ0v) is 20.0. The van der Waals surface area contributed by atoms with Crippen molar-refractivity contribution in [3.63, 3.8) is 0 Å². The lowest BCUT2D eigenvalue weighted by molar-refractivity contribution is -0.181. The van der Waals surface area contributed by atoms with Crippen molar-refractivity contribution >= 4 is 35.6 Å². The summed E-state index contributed by atoms with van der Waals surface area (Å²) >= 11 is 0. The van der Waals surface area contributed by atoms with Crippen LogP contribution >= 0.6 is 24.0 Å². The van der Waals surface area contributed by atoms with E-state index < -0.39 is 23.9 Å². The largest absolute Gasteiger partial charge is 0.403 e.